The fourth-order valence-corrected chi connectivity index (χ4v) is 4.33. The van der Waals surface area contributed by atoms with Crippen molar-refractivity contribution < 1.29 is 9.90 Å². The summed E-state index contributed by atoms with van der Waals surface area (Å²) in [5, 5.41) is 9.99. The van der Waals surface area contributed by atoms with Crippen LogP contribution in [-0.4, -0.2) is 11.1 Å². The standard InChI is InChI=1S/C24H30O2/c1-15-10-13-21(17(3)16(15)2)22(24(4,5)23(25)26)20-12-11-18-8-6-7-9-19(18)14-20/h10-14,22H,6-9H2,1-5H3,(H,25,26). The molecule has 1 atom stereocenters. The monoisotopic (exact) mass is 350 g/mol. The van der Waals surface area contributed by atoms with E-state index in [1.54, 1.807) is 0 Å². The van der Waals surface area contributed by atoms with Gasteiger partial charge in [-0.1, -0.05) is 30.3 Å². The van der Waals surface area contributed by atoms with Crippen LogP contribution in [0.25, 0.3) is 0 Å². The number of carbonyl (C=O) groups is 1. The number of carboxylic acid groups (broad SMARTS) is 1. The Bertz CT molecular complexity index is 846. The van der Waals surface area contributed by atoms with E-state index in [1.165, 1.54) is 40.7 Å². The highest BCUT2D eigenvalue weighted by Crippen LogP contribution is 2.44. The van der Waals surface area contributed by atoms with E-state index in [1.807, 2.05) is 13.8 Å². The second-order valence-electron chi connectivity index (χ2n) is 8.42. The average Bonchev–Trinajstić information content (AvgIpc) is 2.61. The minimum atomic E-state index is -0.880. The van der Waals surface area contributed by atoms with Gasteiger partial charge in [0.1, 0.15) is 0 Å². The van der Waals surface area contributed by atoms with Gasteiger partial charge < -0.3 is 5.11 Å². The topological polar surface area (TPSA) is 37.3 Å². The van der Waals surface area contributed by atoms with Gasteiger partial charge in [-0.15, -0.1) is 0 Å². The summed E-state index contributed by atoms with van der Waals surface area (Å²) in [4.78, 5) is 12.2. The zero-order chi connectivity index (χ0) is 19.1. The SMILES string of the molecule is Cc1ccc(C(c2ccc3c(c2)CCCC3)C(C)(C)C(=O)O)c(C)c1C. The summed E-state index contributed by atoms with van der Waals surface area (Å²) in [5.41, 5.74) is 7.94. The Kier molecular flexibility index (Phi) is 4.96. The van der Waals surface area contributed by atoms with Crippen LogP contribution in [0.4, 0.5) is 0 Å². The molecule has 0 heterocycles. The molecule has 2 heteroatoms. The zero-order valence-electron chi connectivity index (χ0n) is 16.6. The van der Waals surface area contributed by atoms with E-state index >= 15 is 0 Å². The largest absolute Gasteiger partial charge is 0.481 e. The second kappa shape index (κ2) is 6.90. The lowest BCUT2D eigenvalue weighted by Crippen LogP contribution is -2.32. The maximum atomic E-state index is 12.2. The van der Waals surface area contributed by atoms with Crippen LogP contribution in [-0.2, 0) is 17.6 Å². The maximum absolute atomic E-state index is 12.2. The first-order valence-corrected chi connectivity index (χ1v) is 9.65. The number of aryl methyl sites for hydroxylation is 3. The van der Waals surface area contributed by atoms with Crippen LogP contribution in [0, 0.1) is 26.2 Å². The van der Waals surface area contributed by atoms with Crippen molar-refractivity contribution in [3.05, 3.63) is 69.3 Å². The van der Waals surface area contributed by atoms with Gasteiger partial charge in [-0.05, 0) is 99.2 Å². The average molecular weight is 351 g/mol. The number of fused-ring (bicyclic) bond motifs is 1. The molecule has 26 heavy (non-hydrogen) atoms. The minimum absolute atomic E-state index is 0.161. The fourth-order valence-electron chi connectivity index (χ4n) is 4.33. The molecule has 2 aromatic rings. The van der Waals surface area contributed by atoms with Crippen LogP contribution in [0.2, 0.25) is 0 Å². The molecular formula is C24H30O2. The van der Waals surface area contributed by atoms with Gasteiger partial charge in [-0.2, -0.15) is 0 Å². The van der Waals surface area contributed by atoms with Crippen LogP contribution in [0.1, 0.15) is 71.6 Å². The van der Waals surface area contributed by atoms with E-state index in [0.29, 0.717) is 0 Å². The molecule has 1 N–H and O–H groups in total. The summed E-state index contributed by atoms with van der Waals surface area (Å²) in [7, 11) is 0. The highest BCUT2D eigenvalue weighted by molar-refractivity contribution is 5.76. The second-order valence-corrected chi connectivity index (χ2v) is 8.42. The molecule has 0 radical (unpaired) electrons. The Hall–Kier alpha value is -2.09. The minimum Gasteiger partial charge on any atom is -0.481 e. The van der Waals surface area contributed by atoms with Crippen molar-refractivity contribution in [3.63, 3.8) is 0 Å². The van der Waals surface area contributed by atoms with E-state index in [2.05, 4.69) is 51.1 Å². The van der Waals surface area contributed by atoms with E-state index in [0.717, 1.165) is 24.0 Å². The fraction of sp³-hybridized carbons (Fsp3) is 0.458. The number of hydrogen-bond acceptors (Lipinski definition) is 1. The highest BCUT2D eigenvalue weighted by atomic mass is 16.4. The van der Waals surface area contributed by atoms with Crippen molar-refractivity contribution in [2.75, 3.05) is 0 Å². The molecule has 0 aliphatic heterocycles. The molecular weight excluding hydrogens is 320 g/mol. The van der Waals surface area contributed by atoms with Gasteiger partial charge in [0.2, 0.25) is 0 Å². The molecule has 0 aromatic heterocycles. The third-order valence-electron chi connectivity index (χ3n) is 6.39. The van der Waals surface area contributed by atoms with E-state index in [9.17, 15) is 9.90 Å². The van der Waals surface area contributed by atoms with Crippen molar-refractivity contribution in [1.29, 1.82) is 0 Å². The van der Waals surface area contributed by atoms with Gasteiger partial charge in [0.25, 0.3) is 0 Å². The molecule has 1 aliphatic rings. The molecule has 138 valence electrons. The van der Waals surface area contributed by atoms with Crippen LogP contribution in [0.3, 0.4) is 0 Å². The van der Waals surface area contributed by atoms with Gasteiger partial charge in [0.15, 0.2) is 0 Å². The molecule has 0 bridgehead atoms. The van der Waals surface area contributed by atoms with Gasteiger partial charge in [-0.25, -0.2) is 0 Å². The summed E-state index contributed by atoms with van der Waals surface area (Å²) >= 11 is 0. The van der Waals surface area contributed by atoms with Gasteiger partial charge in [0.05, 0.1) is 5.41 Å². The van der Waals surface area contributed by atoms with Crippen LogP contribution in [0.5, 0.6) is 0 Å². The third kappa shape index (κ3) is 3.18. The number of benzene rings is 2. The number of rotatable bonds is 4. The molecule has 1 unspecified atom stereocenters. The molecule has 0 amide bonds. The molecule has 3 rings (SSSR count). The van der Waals surface area contributed by atoms with Crippen molar-refractivity contribution in [2.24, 2.45) is 5.41 Å². The van der Waals surface area contributed by atoms with Gasteiger partial charge >= 0.3 is 5.97 Å². The Morgan fingerprint density at radius 2 is 1.62 bits per heavy atom. The summed E-state index contributed by atoms with van der Waals surface area (Å²) in [5.74, 6) is -0.913. The summed E-state index contributed by atoms with van der Waals surface area (Å²) in [6.45, 7) is 10.1. The number of aliphatic carboxylic acids is 1. The van der Waals surface area contributed by atoms with Crippen LogP contribution in [0.15, 0.2) is 30.3 Å². The lowest BCUT2D eigenvalue weighted by Gasteiger charge is -2.34. The van der Waals surface area contributed by atoms with Crippen molar-refractivity contribution in [2.45, 2.75) is 66.2 Å². The smallest absolute Gasteiger partial charge is 0.310 e. The molecule has 0 fully saturated rings. The molecule has 2 aromatic carbocycles. The summed E-state index contributed by atoms with van der Waals surface area (Å²) in [6, 6.07) is 10.9. The van der Waals surface area contributed by atoms with Crippen LogP contribution < -0.4 is 0 Å². The Labute approximate surface area is 157 Å². The third-order valence-corrected chi connectivity index (χ3v) is 6.39. The van der Waals surface area contributed by atoms with Crippen molar-refractivity contribution in [1.82, 2.24) is 0 Å². The Balaban J connectivity index is 2.20. The quantitative estimate of drug-likeness (QED) is 0.764. The van der Waals surface area contributed by atoms with E-state index in [4.69, 9.17) is 0 Å². The number of carboxylic acids is 1. The predicted octanol–water partition coefficient (Wildman–Crippen LogP) is 5.73. The van der Waals surface area contributed by atoms with Crippen molar-refractivity contribution >= 4 is 5.97 Å². The molecule has 2 nitrogen and oxygen atoms in total. The first-order valence-electron chi connectivity index (χ1n) is 9.65. The predicted molar refractivity (Wildman–Crippen MR) is 107 cm³/mol. The maximum Gasteiger partial charge on any atom is 0.310 e. The lowest BCUT2D eigenvalue weighted by molar-refractivity contribution is -0.147. The number of hydrogen-bond donors (Lipinski definition) is 1. The Morgan fingerprint density at radius 1 is 0.962 bits per heavy atom. The van der Waals surface area contributed by atoms with Crippen molar-refractivity contribution in [3.8, 4) is 0 Å². The highest BCUT2D eigenvalue weighted by Gasteiger charge is 2.40. The first kappa shape index (κ1) is 18.7. The first-order chi connectivity index (χ1) is 12.2. The van der Waals surface area contributed by atoms with Gasteiger partial charge in [-0.3, -0.25) is 4.79 Å². The zero-order valence-corrected chi connectivity index (χ0v) is 16.6. The Morgan fingerprint density at radius 3 is 2.27 bits per heavy atom. The molecule has 0 saturated heterocycles. The van der Waals surface area contributed by atoms with E-state index < -0.39 is 11.4 Å². The van der Waals surface area contributed by atoms with E-state index in [-0.39, 0.29) is 5.92 Å². The van der Waals surface area contributed by atoms with Gasteiger partial charge in [0, 0.05) is 5.92 Å². The molecule has 0 spiro atoms. The molecule has 0 saturated carbocycles. The molecule has 1 aliphatic carbocycles. The summed E-state index contributed by atoms with van der Waals surface area (Å²) < 4.78 is 0. The summed E-state index contributed by atoms with van der Waals surface area (Å²) in [6.07, 6.45) is 4.74. The normalized spacial score (nSPS) is 15.4. The van der Waals surface area contributed by atoms with Crippen LogP contribution >= 0.6 is 0 Å². The lowest BCUT2D eigenvalue weighted by atomic mass is 9.69.